The maximum Gasteiger partial charge on any atom is 0.204 e. The number of aromatic nitrogens is 5. The molecule has 130 valence electrons. The van der Waals surface area contributed by atoms with Crippen molar-refractivity contribution in [1.29, 1.82) is 0 Å². The van der Waals surface area contributed by atoms with Crippen LogP contribution in [0.15, 0.2) is 30.3 Å². The molecule has 2 heterocycles. The first-order chi connectivity index (χ1) is 11.9. The zero-order chi connectivity index (χ0) is 18.1. The van der Waals surface area contributed by atoms with E-state index in [-0.39, 0.29) is 12.3 Å². The summed E-state index contributed by atoms with van der Waals surface area (Å²) in [5, 5.41) is 12.4. The van der Waals surface area contributed by atoms with Gasteiger partial charge in [-0.25, -0.2) is 0 Å². The molecule has 25 heavy (non-hydrogen) atoms. The van der Waals surface area contributed by atoms with E-state index >= 15 is 0 Å². The molecule has 0 saturated carbocycles. The van der Waals surface area contributed by atoms with Crippen molar-refractivity contribution in [2.45, 2.75) is 47.2 Å². The number of aryl methyl sites for hydroxylation is 2. The second-order valence-corrected chi connectivity index (χ2v) is 6.68. The molecule has 0 aliphatic rings. The molecule has 0 aliphatic heterocycles. The first kappa shape index (κ1) is 17.1. The van der Waals surface area contributed by atoms with Gasteiger partial charge in [0.1, 0.15) is 6.54 Å². The fraction of sp³-hybridized carbons (Fsp3) is 0.368. The van der Waals surface area contributed by atoms with Gasteiger partial charge in [0.05, 0.1) is 0 Å². The second-order valence-electron chi connectivity index (χ2n) is 6.68. The molecule has 0 N–H and O–H groups in total. The van der Waals surface area contributed by atoms with E-state index in [1.54, 1.807) is 0 Å². The van der Waals surface area contributed by atoms with Gasteiger partial charge in [-0.3, -0.25) is 4.79 Å². The first-order valence-corrected chi connectivity index (χ1v) is 8.43. The monoisotopic (exact) mass is 337 g/mol. The van der Waals surface area contributed by atoms with Crippen LogP contribution >= 0.6 is 0 Å². The number of hydrogen-bond acceptors (Lipinski definition) is 4. The van der Waals surface area contributed by atoms with Gasteiger partial charge in [0, 0.05) is 28.6 Å². The lowest BCUT2D eigenvalue weighted by molar-refractivity contribution is 0.0960. The molecule has 0 atom stereocenters. The molecule has 3 rings (SSSR count). The SMILES string of the molecule is Cc1ccc(-c2nnn(CC(=O)c3cc(C)n(C(C)C)c3C)n2)cc1. The molecule has 6 heteroatoms. The number of hydrogen-bond donors (Lipinski definition) is 0. The van der Waals surface area contributed by atoms with Crippen LogP contribution in [0.4, 0.5) is 0 Å². The van der Waals surface area contributed by atoms with Crippen LogP contribution in [-0.4, -0.2) is 30.6 Å². The molecule has 0 radical (unpaired) electrons. The Kier molecular flexibility index (Phi) is 4.53. The number of Topliss-reactive ketones (excluding diaryl/α,β-unsaturated/α-hetero) is 1. The molecule has 6 nitrogen and oxygen atoms in total. The molecule has 0 aliphatic carbocycles. The van der Waals surface area contributed by atoms with Gasteiger partial charge in [-0.15, -0.1) is 10.2 Å². The highest BCUT2D eigenvalue weighted by molar-refractivity contribution is 5.97. The standard InChI is InChI=1S/C19H23N5O/c1-12(2)24-14(4)10-17(15(24)5)18(25)11-23-21-19(20-22-23)16-8-6-13(3)7-9-16/h6-10,12H,11H2,1-5H3. The Labute approximate surface area is 147 Å². The second kappa shape index (κ2) is 6.63. The summed E-state index contributed by atoms with van der Waals surface area (Å²) >= 11 is 0. The predicted octanol–water partition coefficient (Wildman–Crippen LogP) is 3.53. The first-order valence-electron chi connectivity index (χ1n) is 8.43. The number of rotatable bonds is 5. The minimum absolute atomic E-state index is 0.00661. The van der Waals surface area contributed by atoms with Gasteiger partial charge in [-0.05, 0) is 45.9 Å². The topological polar surface area (TPSA) is 65.6 Å². The Bertz CT molecular complexity index is 903. The molecule has 1 aromatic carbocycles. The number of nitrogens with zero attached hydrogens (tertiary/aromatic N) is 5. The smallest absolute Gasteiger partial charge is 0.204 e. The summed E-state index contributed by atoms with van der Waals surface area (Å²) in [5.74, 6) is 0.522. The third kappa shape index (κ3) is 3.38. The van der Waals surface area contributed by atoms with E-state index < -0.39 is 0 Å². The van der Waals surface area contributed by atoms with Gasteiger partial charge in [-0.2, -0.15) is 4.80 Å². The summed E-state index contributed by atoms with van der Waals surface area (Å²) in [6.45, 7) is 10.3. The Hall–Kier alpha value is -2.76. The number of benzene rings is 1. The largest absolute Gasteiger partial charge is 0.346 e. The summed E-state index contributed by atoms with van der Waals surface area (Å²) in [6.07, 6.45) is 0. The minimum atomic E-state index is -0.00661. The van der Waals surface area contributed by atoms with Crippen molar-refractivity contribution in [2.75, 3.05) is 0 Å². The number of tetrazole rings is 1. The molecule has 3 aromatic rings. The normalized spacial score (nSPS) is 11.3. The predicted molar refractivity (Wildman–Crippen MR) is 96.6 cm³/mol. The Morgan fingerprint density at radius 2 is 1.80 bits per heavy atom. The lowest BCUT2D eigenvalue weighted by atomic mass is 10.1. The maximum absolute atomic E-state index is 12.7. The van der Waals surface area contributed by atoms with Crippen molar-refractivity contribution in [3.8, 4) is 11.4 Å². The summed E-state index contributed by atoms with van der Waals surface area (Å²) in [5.41, 5.74) is 4.86. The lowest BCUT2D eigenvalue weighted by Crippen LogP contribution is -2.14. The van der Waals surface area contributed by atoms with Crippen molar-refractivity contribution in [3.63, 3.8) is 0 Å². The van der Waals surface area contributed by atoms with Gasteiger partial charge >= 0.3 is 0 Å². The van der Waals surface area contributed by atoms with Gasteiger partial charge < -0.3 is 4.57 Å². The molecule has 0 amide bonds. The fourth-order valence-corrected chi connectivity index (χ4v) is 3.20. The molecule has 0 unspecified atom stereocenters. The van der Waals surface area contributed by atoms with Crippen LogP contribution in [-0.2, 0) is 6.54 Å². The van der Waals surface area contributed by atoms with E-state index in [1.165, 1.54) is 10.4 Å². The fourth-order valence-electron chi connectivity index (χ4n) is 3.20. The van der Waals surface area contributed by atoms with Crippen molar-refractivity contribution in [2.24, 2.45) is 0 Å². The zero-order valence-electron chi connectivity index (χ0n) is 15.3. The molecule has 2 aromatic heterocycles. The molecule has 0 bridgehead atoms. The average molecular weight is 337 g/mol. The van der Waals surface area contributed by atoms with E-state index in [0.717, 1.165) is 22.5 Å². The van der Waals surface area contributed by atoms with E-state index in [9.17, 15) is 4.79 Å². The molecular weight excluding hydrogens is 314 g/mol. The maximum atomic E-state index is 12.7. The lowest BCUT2D eigenvalue weighted by Gasteiger charge is -2.13. The van der Waals surface area contributed by atoms with Gasteiger partial charge in [0.2, 0.25) is 5.82 Å². The van der Waals surface area contributed by atoms with Crippen LogP contribution in [0, 0.1) is 20.8 Å². The third-order valence-electron chi connectivity index (χ3n) is 4.35. The van der Waals surface area contributed by atoms with Gasteiger partial charge in [0.25, 0.3) is 0 Å². The summed E-state index contributed by atoms with van der Waals surface area (Å²) in [4.78, 5) is 14.0. The number of carbonyl (C=O) groups excluding carboxylic acids is 1. The number of carbonyl (C=O) groups is 1. The highest BCUT2D eigenvalue weighted by atomic mass is 16.1. The van der Waals surface area contributed by atoms with Crippen molar-refractivity contribution in [1.82, 2.24) is 24.8 Å². The zero-order valence-corrected chi connectivity index (χ0v) is 15.3. The van der Waals surface area contributed by atoms with E-state index in [0.29, 0.717) is 11.9 Å². The summed E-state index contributed by atoms with van der Waals surface area (Å²) in [6, 6.07) is 10.2. The third-order valence-corrected chi connectivity index (χ3v) is 4.35. The van der Waals surface area contributed by atoms with E-state index in [4.69, 9.17) is 0 Å². The van der Waals surface area contributed by atoms with Crippen LogP contribution in [0.3, 0.4) is 0 Å². The summed E-state index contributed by atoms with van der Waals surface area (Å²) in [7, 11) is 0. The molecule has 0 saturated heterocycles. The Morgan fingerprint density at radius 1 is 1.12 bits per heavy atom. The van der Waals surface area contributed by atoms with Crippen molar-refractivity contribution < 1.29 is 4.79 Å². The van der Waals surface area contributed by atoms with Gasteiger partial charge in [0.15, 0.2) is 5.78 Å². The van der Waals surface area contributed by atoms with E-state index in [2.05, 4.69) is 33.8 Å². The van der Waals surface area contributed by atoms with Crippen LogP contribution in [0.5, 0.6) is 0 Å². The minimum Gasteiger partial charge on any atom is -0.346 e. The van der Waals surface area contributed by atoms with Crippen molar-refractivity contribution >= 4 is 5.78 Å². The van der Waals surface area contributed by atoms with Crippen LogP contribution in [0.25, 0.3) is 11.4 Å². The van der Waals surface area contributed by atoms with Crippen LogP contribution in [0.1, 0.15) is 47.2 Å². The number of ketones is 1. The van der Waals surface area contributed by atoms with Crippen LogP contribution < -0.4 is 0 Å². The van der Waals surface area contributed by atoms with Gasteiger partial charge in [-0.1, -0.05) is 29.8 Å². The quantitative estimate of drug-likeness (QED) is 0.668. The highest BCUT2D eigenvalue weighted by Gasteiger charge is 2.18. The summed E-state index contributed by atoms with van der Waals surface area (Å²) < 4.78 is 2.17. The van der Waals surface area contributed by atoms with Crippen LogP contribution in [0.2, 0.25) is 0 Å². The molecular formula is C19H23N5O. The van der Waals surface area contributed by atoms with E-state index in [1.807, 2.05) is 51.1 Å². The highest BCUT2D eigenvalue weighted by Crippen LogP contribution is 2.21. The molecule has 0 spiro atoms. The molecule has 0 fully saturated rings. The Morgan fingerprint density at radius 3 is 2.40 bits per heavy atom. The average Bonchev–Trinajstić information content (AvgIpc) is 3.12. The van der Waals surface area contributed by atoms with Crippen molar-refractivity contribution in [3.05, 3.63) is 52.8 Å². The Balaban J connectivity index is 1.80.